The van der Waals surface area contributed by atoms with Crippen molar-refractivity contribution in [1.29, 1.82) is 0 Å². The molecule has 26 heteroatoms. The molecular weight excluding hydrogens is 1810 g/mol. The van der Waals surface area contributed by atoms with Crippen molar-refractivity contribution in [2.75, 3.05) is 68.7 Å². The number of carbonyl (C=O) groups is 6. The van der Waals surface area contributed by atoms with Gasteiger partial charge in [0.15, 0.2) is 0 Å². The van der Waals surface area contributed by atoms with Gasteiger partial charge in [-0.25, -0.2) is 24.9 Å². The van der Waals surface area contributed by atoms with E-state index < -0.39 is 32.5 Å². The first kappa shape index (κ1) is 117. The molecule has 0 aromatic carbocycles. The summed E-state index contributed by atoms with van der Waals surface area (Å²) in [7, 11) is 0. The molecule has 564 valence electrons. The van der Waals surface area contributed by atoms with Gasteiger partial charge >= 0.3 is 196 Å². The summed E-state index contributed by atoms with van der Waals surface area (Å²) in [6, 6.07) is 11.4. The number of amides is 6. The van der Waals surface area contributed by atoms with Crippen LogP contribution in [0.4, 0.5) is 34.4 Å². The summed E-state index contributed by atoms with van der Waals surface area (Å²) in [5.74, 6) is 2.01. The second kappa shape index (κ2) is 52.0. The summed E-state index contributed by atoms with van der Waals surface area (Å²) >= 11 is 0. The van der Waals surface area contributed by atoms with E-state index in [9.17, 15) is 28.8 Å². The van der Waals surface area contributed by atoms with Crippen molar-refractivity contribution < 1.29 is 225 Å². The maximum Gasteiger partial charge on any atom is 3.00 e. The van der Waals surface area contributed by atoms with Crippen LogP contribution in [0.1, 0.15) is 152 Å². The maximum absolute atomic E-state index is 12.4. The molecule has 6 amide bonds. The quantitative estimate of drug-likeness (QED) is 0.0730. The van der Waals surface area contributed by atoms with Gasteiger partial charge in [-0.05, 0) is 77.4 Å². The van der Waals surface area contributed by atoms with Gasteiger partial charge in [0.25, 0.3) is 0 Å². The number of anilines is 6. The van der Waals surface area contributed by atoms with Gasteiger partial charge in [-0.2, -0.15) is 77.0 Å². The van der Waals surface area contributed by atoms with Gasteiger partial charge in [0.2, 0.25) is 35.4 Å². The number of likely N-dealkylation sites (N-methyl/N-ethyl adjacent to an activating group) is 6. The molecule has 6 aliphatic heterocycles. The Morgan fingerprint density at radius 2 is 0.583 bits per heavy atom. The first-order valence-corrected chi connectivity index (χ1v) is 33.1. The van der Waals surface area contributed by atoms with Gasteiger partial charge in [0.05, 0.1) is 46.5 Å². The van der Waals surface area contributed by atoms with Crippen molar-refractivity contribution in [3.8, 4) is 0 Å². The molecule has 6 aromatic rings. The monoisotopic (exact) mass is 1920 g/mol. The van der Waals surface area contributed by atoms with Crippen LogP contribution in [-0.2, 0) is 258 Å². The van der Waals surface area contributed by atoms with E-state index >= 15 is 0 Å². The molecule has 0 bridgehead atoms. The minimum atomic E-state index is -0.645. The number of nitrogens with zero attached hydrogens (tertiary/aromatic N) is 14. The second-order valence-electron chi connectivity index (χ2n) is 23.8. The van der Waals surface area contributed by atoms with Crippen LogP contribution < -0.4 is 29.4 Å². The molecule has 0 saturated heterocycles. The maximum atomic E-state index is 12.4. The standard InChI is InChI=1S/4C13H16N2O.2C12H15N3O.6CH3.6Y/c1-4-13(5-2)10-9-14-8-7-11(10)15(6-3)12(13)16;1-4-13(5-2)10-7-8-14-9-11(10)15(6-3)12(13)16;1-4-13(5-2)11-10(8-7-9-14-11)15(6-3)12(13)16;1-4-13(5-2)10-8-7-9-14-11(10)15(6-3)12(13)16;1-4-12(5-2)10-9(7-13-8-14-10)15(6-3)11(12)16;1-4-12(5-2)9-7-13-8-14-10(9)15(6-3)11(12)16;;;;;;;;;;;;/h4*7-9H,1-2,4-6H2,3H3;2*7-8H,1-2,4-6H2,3H3;6*1H3;;;;;;/q6*-2;6*-1;6*+3. The summed E-state index contributed by atoms with van der Waals surface area (Å²) in [4.78, 5) is 118. The van der Waals surface area contributed by atoms with Crippen molar-refractivity contribution in [2.24, 2.45) is 0 Å². The van der Waals surface area contributed by atoms with E-state index in [1.54, 1.807) is 79.0 Å². The molecule has 6 aromatic heterocycles. The Bertz CT molecular complexity index is 3120. The zero-order valence-corrected chi connectivity index (χ0v) is 83.7. The van der Waals surface area contributed by atoms with E-state index in [2.05, 4.69) is 123 Å². The second-order valence-corrected chi connectivity index (χ2v) is 23.8. The summed E-state index contributed by atoms with van der Waals surface area (Å²) < 4.78 is 0. The van der Waals surface area contributed by atoms with E-state index in [-0.39, 0.29) is 276 Å². The third-order valence-corrected chi connectivity index (χ3v) is 20.1. The van der Waals surface area contributed by atoms with E-state index in [0.29, 0.717) is 116 Å². The van der Waals surface area contributed by atoms with Gasteiger partial charge < -0.3 is 147 Å². The molecule has 0 atom stereocenters. The first-order chi connectivity index (χ1) is 46.2. The minimum Gasteiger partial charge on any atom is -0.358 e. The smallest absolute Gasteiger partial charge is 0.358 e. The van der Waals surface area contributed by atoms with Crippen molar-refractivity contribution in [1.82, 2.24) is 39.9 Å². The van der Waals surface area contributed by atoms with Crippen molar-refractivity contribution >= 4 is 69.8 Å². The van der Waals surface area contributed by atoms with Crippen LogP contribution in [0.5, 0.6) is 0 Å². The van der Waals surface area contributed by atoms with Gasteiger partial charge in [-0.1, -0.05) is 6.07 Å². The Morgan fingerprint density at radius 1 is 0.278 bits per heavy atom. The minimum absolute atomic E-state index is 0. The molecule has 0 aliphatic carbocycles. The van der Waals surface area contributed by atoms with Crippen LogP contribution in [0.3, 0.4) is 0 Å². The average molecular weight is 1920 g/mol. The molecule has 0 radical (unpaired) electrons. The fourth-order valence-corrected chi connectivity index (χ4v) is 14.0. The number of pyridine rings is 4. The number of aromatic nitrogens is 8. The van der Waals surface area contributed by atoms with Crippen LogP contribution >= 0.6 is 0 Å². The van der Waals surface area contributed by atoms with E-state index in [1.807, 2.05) is 77.9 Å². The summed E-state index contributed by atoms with van der Waals surface area (Å²) in [6.07, 6.45) is 23.0. The third kappa shape index (κ3) is 20.6. The fourth-order valence-electron chi connectivity index (χ4n) is 14.0. The molecule has 6 aliphatic rings. The molecular formula is C82H112N14O6Y6. The SMILES string of the molecule is [CH2-]CC1(C[CH2-])C(=O)N(CC)c2cccnc21.[CH2-]CC1(C[CH2-])C(=O)N(CC)c2ccncc21.[CH2-]CC1(C[CH2-])C(=O)N(CC)c2cnccc21.[CH2-]CC1(C[CH2-])C(=O)N(CC)c2cncnc21.[CH2-]CC1(C[CH2-])C(=O)N(CC)c2ncccc21.[CH2-]CC1(C[CH2-])C(=O)N(CC)c2ncncc21.[CH3-].[CH3-].[CH3-].[CH3-].[CH3-].[CH3-].[Y+3].[Y+3].[Y+3].[Y+3].[Y+3].[Y+3]. The Balaban J connectivity index is -0.000000283. The molecule has 12 rings (SSSR count). The van der Waals surface area contributed by atoms with Crippen molar-refractivity contribution in [3.63, 3.8) is 0 Å². The van der Waals surface area contributed by atoms with Crippen molar-refractivity contribution in [3.05, 3.63) is 260 Å². The molecule has 0 spiro atoms. The Hall–Kier alpha value is -1.80. The van der Waals surface area contributed by atoms with Gasteiger partial charge in [0.1, 0.15) is 24.3 Å². The summed E-state index contributed by atoms with van der Waals surface area (Å²) in [5.41, 5.74) is 5.57. The number of hydrogen-bond acceptors (Lipinski definition) is 14. The van der Waals surface area contributed by atoms with Crippen LogP contribution in [0.25, 0.3) is 0 Å². The molecule has 0 saturated carbocycles. The number of rotatable bonds is 18. The molecule has 0 N–H and O–H groups in total. The van der Waals surface area contributed by atoms with Gasteiger partial charge in [-0.15, -0.1) is 0 Å². The molecule has 12 heterocycles. The van der Waals surface area contributed by atoms with Crippen LogP contribution in [0.15, 0.2) is 98.6 Å². The summed E-state index contributed by atoms with van der Waals surface area (Å²) in [5, 5.41) is 0. The molecule has 108 heavy (non-hydrogen) atoms. The first-order valence-electron chi connectivity index (χ1n) is 33.1. The van der Waals surface area contributed by atoms with E-state index in [0.717, 1.165) is 68.0 Å². The molecule has 20 nitrogen and oxygen atoms in total. The van der Waals surface area contributed by atoms with Gasteiger partial charge in [0, 0.05) is 126 Å². The Morgan fingerprint density at radius 3 is 1.04 bits per heavy atom. The van der Waals surface area contributed by atoms with Crippen LogP contribution in [0.2, 0.25) is 0 Å². The number of fused-ring (bicyclic) bond motifs is 6. The van der Waals surface area contributed by atoms with Crippen LogP contribution in [0, 0.1) is 128 Å². The largest absolute Gasteiger partial charge is 3.00 e. The third-order valence-electron chi connectivity index (χ3n) is 20.1. The molecule has 0 fully saturated rings. The molecule has 0 unspecified atom stereocenters. The normalized spacial score (nSPS) is 15.7. The Kier molecular flexibility index (Phi) is 56.4. The number of carbonyl (C=O) groups excluding carboxylic acids is 6. The zero-order chi connectivity index (χ0) is 70.6. The topological polar surface area (TPSA) is 225 Å². The Labute approximate surface area is 803 Å². The predicted octanol–water partition coefficient (Wildman–Crippen LogP) is 14.3. The fraction of sp³-hybridized carbons (Fsp3) is 0.366. The van der Waals surface area contributed by atoms with Crippen LogP contribution in [-0.4, -0.2) is 115 Å². The van der Waals surface area contributed by atoms with E-state index in [1.165, 1.54) is 12.7 Å². The average Bonchev–Trinajstić information content (AvgIpc) is 1.65. The number of hydrogen-bond donors (Lipinski definition) is 0. The van der Waals surface area contributed by atoms with E-state index in [4.69, 9.17) is 0 Å². The zero-order valence-electron chi connectivity index (χ0n) is 66.6. The van der Waals surface area contributed by atoms with Crippen molar-refractivity contribution in [2.45, 2.75) is 151 Å². The van der Waals surface area contributed by atoms with Gasteiger partial charge in [-0.3, -0.25) is 53.5 Å². The summed E-state index contributed by atoms with van der Waals surface area (Å²) in [6.45, 7) is 62.5. The predicted molar refractivity (Wildman–Crippen MR) is 417 cm³/mol.